The quantitative estimate of drug-likeness (QED) is 0.850. The van der Waals surface area contributed by atoms with Gasteiger partial charge in [0.1, 0.15) is 17.2 Å². The fraction of sp³-hybridized carbons (Fsp3) is 0.421. The lowest BCUT2D eigenvalue weighted by Crippen LogP contribution is -2.49. The van der Waals surface area contributed by atoms with E-state index in [1.54, 1.807) is 44.6 Å². The molecule has 1 unspecified atom stereocenters. The number of nitrogens with zero attached hydrogens (tertiary/aromatic N) is 3. The summed E-state index contributed by atoms with van der Waals surface area (Å²) in [5, 5.41) is 13.6. The van der Waals surface area contributed by atoms with Crippen LogP contribution in [-0.4, -0.2) is 46.2 Å². The number of anilines is 1. The summed E-state index contributed by atoms with van der Waals surface area (Å²) in [4.78, 5) is 22.9. The molecule has 1 aromatic carbocycles. The molecule has 1 atom stereocenters. The molecule has 2 aromatic rings. The van der Waals surface area contributed by atoms with Crippen molar-refractivity contribution < 1.29 is 14.3 Å². The first kappa shape index (κ1) is 18.3. The summed E-state index contributed by atoms with van der Waals surface area (Å²) in [7, 11) is 0. The molecule has 1 aliphatic heterocycles. The van der Waals surface area contributed by atoms with Crippen molar-refractivity contribution in [2.75, 3.05) is 24.5 Å². The number of β-amino-alcohol motifs (C(OH)–C–C–N with tert-alkyl or cyclic N) is 1. The second kappa shape index (κ2) is 6.99. The van der Waals surface area contributed by atoms with Crippen LogP contribution in [0, 0.1) is 5.82 Å². The summed E-state index contributed by atoms with van der Waals surface area (Å²) in [6.07, 6.45) is 5.39. The van der Waals surface area contributed by atoms with Crippen LogP contribution in [0.5, 0.6) is 0 Å². The van der Waals surface area contributed by atoms with Gasteiger partial charge in [0.15, 0.2) is 0 Å². The lowest BCUT2D eigenvalue weighted by Gasteiger charge is -2.28. The Hall–Kier alpha value is -2.54. The van der Waals surface area contributed by atoms with Gasteiger partial charge in [0, 0.05) is 32.0 Å². The van der Waals surface area contributed by atoms with Gasteiger partial charge in [-0.2, -0.15) is 0 Å². The van der Waals surface area contributed by atoms with Crippen LogP contribution in [0.1, 0.15) is 25.8 Å². The van der Waals surface area contributed by atoms with Gasteiger partial charge in [0.2, 0.25) is 5.91 Å². The molecule has 0 saturated carbocycles. The summed E-state index contributed by atoms with van der Waals surface area (Å²) in [6, 6.07) is 5.89. The molecule has 7 heteroatoms. The third-order valence-electron chi connectivity index (χ3n) is 4.92. The van der Waals surface area contributed by atoms with Gasteiger partial charge < -0.3 is 15.3 Å². The van der Waals surface area contributed by atoms with Gasteiger partial charge >= 0.3 is 0 Å². The number of carbonyl (C=O) groups excluding carboxylic acids is 1. The third-order valence-corrected chi connectivity index (χ3v) is 4.92. The maximum absolute atomic E-state index is 13.1. The molecule has 0 radical (unpaired) electrons. The molecule has 0 bridgehead atoms. The number of aliphatic hydroxyl groups is 1. The van der Waals surface area contributed by atoms with Gasteiger partial charge in [-0.15, -0.1) is 0 Å². The second-order valence-corrected chi connectivity index (χ2v) is 7.27. The highest BCUT2D eigenvalue weighted by Crippen LogP contribution is 2.26. The van der Waals surface area contributed by atoms with E-state index in [0.29, 0.717) is 25.3 Å². The van der Waals surface area contributed by atoms with Gasteiger partial charge in [-0.05, 0) is 38.0 Å². The number of nitrogens with one attached hydrogen (secondary N) is 1. The van der Waals surface area contributed by atoms with Gasteiger partial charge in [0.25, 0.3) is 0 Å². The van der Waals surface area contributed by atoms with Gasteiger partial charge in [-0.1, -0.05) is 12.1 Å². The number of amides is 1. The summed E-state index contributed by atoms with van der Waals surface area (Å²) in [5.41, 5.74) is -1.13. The molecule has 1 aromatic heterocycles. The number of rotatable bonds is 5. The Bertz CT molecular complexity index is 767. The summed E-state index contributed by atoms with van der Waals surface area (Å²) < 4.78 is 13.1. The first-order valence-electron chi connectivity index (χ1n) is 8.58. The van der Waals surface area contributed by atoms with Crippen LogP contribution < -0.4 is 10.2 Å². The molecular weight excluding hydrogens is 335 g/mol. The monoisotopic (exact) mass is 358 g/mol. The SMILES string of the molecule is CC(C)(C(=O)NCC1(O)CCN(c2cnccn2)C1)c1ccc(F)cc1. The predicted octanol–water partition coefficient (Wildman–Crippen LogP) is 1.65. The van der Waals surface area contributed by atoms with Crippen LogP contribution in [0.15, 0.2) is 42.9 Å². The number of aromatic nitrogens is 2. The zero-order valence-corrected chi connectivity index (χ0v) is 14.9. The van der Waals surface area contributed by atoms with Crippen molar-refractivity contribution in [3.63, 3.8) is 0 Å². The molecule has 1 aliphatic rings. The van der Waals surface area contributed by atoms with E-state index >= 15 is 0 Å². The van der Waals surface area contributed by atoms with Crippen LogP contribution in [0.2, 0.25) is 0 Å². The van der Waals surface area contributed by atoms with Gasteiger partial charge in [-0.3, -0.25) is 9.78 Å². The first-order valence-corrected chi connectivity index (χ1v) is 8.58. The summed E-state index contributed by atoms with van der Waals surface area (Å²) >= 11 is 0. The Morgan fingerprint density at radius 2 is 2.08 bits per heavy atom. The fourth-order valence-corrected chi connectivity index (χ4v) is 3.11. The zero-order valence-electron chi connectivity index (χ0n) is 14.9. The smallest absolute Gasteiger partial charge is 0.230 e. The predicted molar refractivity (Wildman–Crippen MR) is 96.2 cm³/mol. The number of hydrogen-bond acceptors (Lipinski definition) is 5. The molecule has 6 nitrogen and oxygen atoms in total. The number of halogens is 1. The van der Waals surface area contributed by atoms with E-state index in [1.165, 1.54) is 12.1 Å². The molecule has 1 saturated heterocycles. The lowest BCUT2D eigenvalue weighted by molar-refractivity contribution is -0.126. The number of hydrogen-bond donors (Lipinski definition) is 2. The number of carbonyl (C=O) groups is 1. The van der Waals surface area contributed by atoms with E-state index in [1.807, 2.05) is 4.90 Å². The van der Waals surface area contributed by atoms with E-state index in [2.05, 4.69) is 15.3 Å². The normalized spacial score (nSPS) is 20.2. The van der Waals surface area contributed by atoms with Crippen molar-refractivity contribution in [3.05, 3.63) is 54.2 Å². The lowest BCUT2D eigenvalue weighted by atomic mass is 9.83. The zero-order chi connectivity index (χ0) is 18.8. The Morgan fingerprint density at radius 1 is 1.35 bits per heavy atom. The molecule has 26 heavy (non-hydrogen) atoms. The van der Waals surface area contributed by atoms with Crippen LogP contribution in [0.3, 0.4) is 0 Å². The van der Waals surface area contributed by atoms with E-state index in [0.717, 1.165) is 5.56 Å². The average Bonchev–Trinajstić information content (AvgIpc) is 3.03. The van der Waals surface area contributed by atoms with Crippen molar-refractivity contribution in [1.29, 1.82) is 0 Å². The topological polar surface area (TPSA) is 78.4 Å². The number of benzene rings is 1. The average molecular weight is 358 g/mol. The van der Waals surface area contributed by atoms with Crippen molar-refractivity contribution in [2.24, 2.45) is 0 Å². The minimum absolute atomic E-state index is 0.146. The molecular formula is C19H23FN4O2. The molecule has 1 amide bonds. The first-order chi connectivity index (χ1) is 12.3. The maximum atomic E-state index is 13.1. The third kappa shape index (κ3) is 3.83. The van der Waals surface area contributed by atoms with E-state index in [-0.39, 0.29) is 18.3 Å². The van der Waals surface area contributed by atoms with Crippen molar-refractivity contribution in [2.45, 2.75) is 31.3 Å². The molecule has 2 N–H and O–H groups in total. The van der Waals surface area contributed by atoms with E-state index in [4.69, 9.17) is 0 Å². The second-order valence-electron chi connectivity index (χ2n) is 7.27. The fourth-order valence-electron chi connectivity index (χ4n) is 3.11. The Kier molecular flexibility index (Phi) is 4.91. The van der Waals surface area contributed by atoms with Crippen LogP contribution in [0.25, 0.3) is 0 Å². The van der Waals surface area contributed by atoms with E-state index in [9.17, 15) is 14.3 Å². The van der Waals surface area contributed by atoms with Gasteiger partial charge in [-0.25, -0.2) is 9.37 Å². The van der Waals surface area contributed by atoms with E-state index < -0.39 is 11.0 Å². The molecule has 0 spiro atoms. The van der Waals surface area contributed by atoms with Crippen LogP contribution >= 0.6 is 0 Å². The van der Waals surface area contributed by atoms with Crippen molar-refractivity contribution in [3.8, 4) is 0 Å². The standard InChI is InChI=1S/C19H23FN4O2/c1-18(2,14-3-5-15(20)6-4-14)17(25)23-12-19(26)7-10-24(13-19)16-11-21-8-9-22-16/h3-6,8-9,11,26H,7,10,12-13H2,1-2H3,(H,23,25). The highest BCUT2D eigenvalue weighted by molar-refractivity contribution is 5.87. The molecule has 0 aliphatic carbocycles. The van der Waals surface area contributed by atoms with Gasteiger partial charge in [0.05, 0.1) is 11.6 Å². The molecule has 3 rings (SSSR count). The largest absolute Gasteiger partial charge is 0.386 e. The van der Waals surface area contributed by atoms with Crippen molar-refractivity contribution in [1.82, 2.24) is 15.3 Å². The Morgan fingerprint density at radius 3 is 2.73 bits per heavy atom. The van der Waals surface area contributed by atoms with Crippen LogP contribution in [0.4, 0.5) is 10.2 Å². The Balaban J connectivity index is 1.61. The molecule has 2 heterocycles. The highest BCUT2D eigenvalue weighted by atomic mass is 19.1. The van der Waals surface area contributed by atoms with Crippen LogP contribution in [-0.2, 0) is 10.2 Å². The maximum Gasteiger partial charge on any atom is 0.230 e. The summed E-state index contributed by atoms with van der Waals surface area (Å²) in [5.74, 6) is 0.159. The molecule has 1 fully saturated rings. The Labute approximate surface area is 152 Å². The minimum atomic E-state index is -1.02. The minimum Gasteiger partial charge on any atom is -0.386 e. The summed E-state index contributed by atoms with van der Waals surface area (Å²) in [6.45, 7) is 4.73. The highest BCUT2D eigenvalue weighted by Gasteiger charge is 2.38. The van der Waals surface area contributed by atoms with Crippen molar-refractivity contribution >= 4 is 11.7 Å². The molecule has 138 valence electrons.